The van der Waals surface area contributed by atoms with E-state index < -0.39 is 17.7 Å². The molecule has 5 heterocycles. The third kappa shape index (κ3) is 4.48. The summed E-state index contributed by atoms with van der Waals surface area (Å²) in [5, 5.41) is 24.9. The Morgan fingerprint density at radius 1 is 1.17 bits per heavy atom. The molecular formula is C25H32FN7O2. The van der Waals surface area contributed by atoms with Gasteiger partial charge in [0.15, 0.2) is 0 Å². The summed E-state index contributed by atoms with van der Waals surface area (Å²) in [5.41, 5.74) is 0.337. The lowest BCUT2D eigenvalue weighted by atomic mass is 9.80. The van der Waals surface area contributed by atoms with Crippen molar-refractivity contribution in [3.8, 4) is 0 Å². The number of piperidine rings is 1. The van der Waals surface area contributed by atoms with Gasteiger partial charge in [0.25, 0.3) is 0 Å². The molecule has 0 bridgehead atoms. The van der Waals surface area contributed by atoms with Gasteiger partial charge in [-0.1, -0.05) is 13.8 Å². The Hall–Kier alpha value is -3.11. The molecule has 3 atom stereocenters. The molecule has 3 aromatic heterocycles. The van der Waals surface area contributed by atoms with Gasteiger partial charge in [-0.25, -0.2) is 19.3 Å². The van der Waals surface area contributed by atoms with Gasteiger partial charge in [-0.3, -0.25) is 0 Å². The molecule has 186 valence electrons. The zero-order valence-electron chi connectivity index (χ0n) is 20.3. The Morgan fingerprint density at radius 2 is 2.00 bits per heavy atom. The highest BCUT2D eigenvalue weighted by molar-refractivity contribution is 5.95. The van der Waals surface area contributed by atoms with Crippen LogP contribution in [0.15, 0.2) is 30.7 Å². The number of aliphatic hydroxyl groups is 2. The minimum Gasteiger partial charge on any atom is -0.396 e. The third-order valence-corrected chi connectivity index (χ3v) is 7.12. The molecule has 0 saturated carbocycles. The Kier molecular flexibility index (Phi) is 6.18. The first kappa shape index (κ1) is 23.6. The summed E-state index contributed by atoms with van der Waals surface area (Å²) in [7, 11) is 0. The summed E-state index contributed by atoms with van der Waals surface area (Å²) in [5.74, 6) is 2.46. The molecule has 35 heavy (non-hydrogen) atoms. The van der Waals surface area contributed by atoms with Crippen molar-refractivity contribution in [1.29, 1.82) is 0 Å². The molecule has 0 radical (unpaired) electrons. The maximum Gasteiger partial charge on any atom is 0.227 e. The standard InChI is InChI=1S/C25H32FN7O2/c1-15-5-8-33(15)23-18-12-28-21(10-17(18)16(6-9-34)11-29-23)30-20-4-7-27-24(31-20)32-13-19(26)22(35)25(2,3)14-32/h4,7,10-12,15,19,22,34-35H,5-6,8-9,13-14H2,1-3H3,(H,27,28,30,31)/t15-,19-,22-/m1/s1. The number of rotatable bonds is 6. The first-order valence-electron chi connectivity index (χ1n) is 12.1. The quantitative estimate of drug-likeness (QED) is 0.489. The molecular weight excluding hydrogens is 449 g/mol. The second kappa shape index (κ2) is 9.16. The van der Waals surface area contributed by atoms with E-state index in [9.17, 15) is 14.6 Å². The monoisotopic (exact) mass is 481 g/mol. The van der Waals surface area contributed by atoms with E-state index in [0.29, 0.717) is 36.6 Å². The largest absolute Gasteiger partial charge is 0.396 e. The van der Waals surface area contributed by atoms with Crippen molar-refractivity contribution in [1.82, 2.24) is 19.9 Å². The summed E-state index contributed by atoms with van der Waals surface area (Å²) >= 11 is 0. The SMILES string of the molecule is C[C@@H]1CCN1c1ncc(CCO)c2cc(Nc3ccnc(N4C[C@@H](F)[C@@H](O)C(C)(C)C4)n3)ncc12. The van der Waals surface area contributed by atoms with Crippen molar-refractivity contribution < 1.29 is 14.6 Å². The van der Waals surface area contributed by atoms with Gasteiger partial charge in [0.05, 0.1) is 12.6 Å². The number of aliphatic hydroxyl groups excluding tert-OH is 2. The second-order valence-corrected chi connectivity index (χ2v) is 10.2. The fourth-order valence-electron chi connectivity index (χ4n) is 4.93. The zero-order valence-corrected chi connectivity index (χ0v) is 20.3. The van der Waals surface area contributed by atoms with Crippen LogP contribution in [0.4, 0.5) is 27.8 Å². The van der Waals surface area contributed by atoms with E-state index in [0.717, 1.165) is 35.1 Å². The molecule has 0 aliphatic carbocycles. The van der Waals surface area contributed by atoms with Gasteiger partial charge in [-0.05, 0) is 42.8 Å². The van der Waals surface area contributed by atoms with Crippen molar-refractivity contribution in [2.45, 2.75) is 51.9 Å². The Morgan fingerprint density at radius 3 is 2.69 bits per heavy atom. The van der Waals surface area contributed by atoms with Crippen molar-refractivity contribution in [3.05, 3.63) is 36.3 Å². The Bertz CT molecular complexity index is 1220. The first-order chi connectivity index (χ1) is 16.8. The van der Waals surface area contributed by atoms with E-state index in [2.05, 4.69) is 37.1 Å². The molecule has 3 aromatic rings. The third-order valence-electron chi connectivity index (χ3n) is 7.12. The predicted octanol–water partition coefficient (Wildman–Crippen LogP) is 2.84. The van der Waals surface area contributed by atoms with Gasteiger partial charge in [-0.15, -0.1) is 0 Å². The number of fused-ring (bicyclic) bond motifs is 1. The zero-order chi connectivity index (χ0) is 24.7. The van der Waals surface area contributed by atoms with Crippen LogP contribution in [-0.4, -0.2) is 74.7 Å². The van der Waals surface area contributed by atoms with Gasteiger partial charge < -0.3 is 25.3 Å². The number of aromatic nitrogens is 4. The van der Waals surface area contributed by atoms with Crippen LogP contribution in [0.2, 0.25) is 0 Å². The summed E-state index contributed by atoms with van der Waals surface area (Å²) in [6.07, 6.45) is 4.53. The molecule has 0 amide bonds. The van der Waals surface area contributed by atoms with Crippen molar-refractivity contribution >= 4 is 34.2 Å². The first-order valence-corrected chi connectivity index (χ1v) is 12.1. The molecule has 2 aliphatic heterocycles. The van der Waals surface area contributed by atoms with E-state index in [1.165, 1.54) is 0 Å². The second-order valence-electron chi connectivity index (χ2n) is 10.2. The van der Waals surface area contributed by atoms with Crippen LogP contribution >= 0.6 is 0 Å². The van der Waals surface area contributed by atoms with Crippen molar-refractivity contribution in [2.75, 3.05) is 41.4 Å². The number of halogens is 1. The number of pyridine rings is 2. The van der Waals surface area contributed by atoms with E-state index in [1.807, 2.05) is 32.3 Å². The molecule has 5 rings (SSSR count). The summed E-state index contributed by atoms with van der Waals surface area (Å²) in [6.45, 7) is 7.35. The van der Waals surface area contributed by atoms with Crippen LogP contribution in [0.3, 0.4) is 0 Å². The highest BCUT2D eigenvalue weighted by Gasteiger charge is 2.42. The molecule has 0 spiro atoms. The van der Waals surface area contributed by atoms with Crippen LogP contribution in [-0.2, 0) is 6.42 Å². The Labute approximate surface area is 204 Å². The molecule has 10 heteroatoms. The molecule has 2 fully saturated rings. The van der Waals surface area contributed by atoms with Crippen LogP contribution < -0.4 is 15.1 Å². The molecule has 2 aliphatic rings. The molecule has 3 N–H and O–H groups in total. The number of anilines is 4. The van der Waals surface area contributed by atoms with Crippen LogP contribution in [0.5, 0.6) is 0 Å². The maximum atomic E-state index is 14.4. The average Bonchev–Trinajstić information content (AvgIpc) is 2.83. The average molecular weight is 482 g/mol. The van der Waals surface area contributed by atoms with E-state index in [1.54, 1.807) is 17.2 Å². The lowest BCUT2D eigenvalue weighted by Gasteiger charge is -2.43. The fourth-order valence-corrected chi connectivity index (χ4v) is 4.93. The van der Waals surface area contributed by atoms with Crippen LogP contribution in [0.25, 0.3) is 10.8 Å². The van der Waals surface area contributed by atoms with Gasteiger partial charge in [0.1, 0.15) is 23.6 Å². The number of alkyl halides is 1. The summed E-state index contributed by atoms with van der Waals surface area (Å²) in [4.78, 5) is 22.2. The van der Waals surface area contributed by atoms with Crippen molar-refractivity contribution in [3.63, 3.8) is 0 Å². The molecule has 0 aromatic carbocycles. The highest BCUT2D eigenvalue weighted by atomic mass is 19.1. The van der Waals surface area contributed by atoms with E-state index >= 15 is 0 Å². The predicted molar refractivity (Wildman–Crippen MR) is 134 cm³/mol. The normalized spacial score (nSPS) is 23.9. The van der Waals surface area contributed by atoms with Gasteiger partial charge >= 0.3 is 0 Å². The van der Waals surface area contributed by atoms with Gasteiger partial charge in [0, 0.05) is 55.1 Å². The van der Waals surface area contributed by atoms with Gasteiger partial charge in [0.2, 0.25) is 5.95 Å². The number of hydrogen-bond acceptors (Lipinski definition) is 9. The van der Waals surface area contributed by atoms with E-state index in [4.69, 9.17) is 0 Å². The van der Waals surface area contributed by atoms with Crippen molar-refractivity contribution in [2.24, 2.45) is 5.41 Å². The lowest BCUT2D eigenvalue weighted by Crippen LogP contribution is -2.55. The van der Waals surface area contributed by atoms with Crippen LogP contribution in [0.1, 0.15) is 32.8 Å². The minimum absolute atomic E-state index is 0.0348. The topological polar surface area (TPSA) is 111 Å². The lowest BCUT2D eigenvalue weighted by molar-refractivity contribution is -0.0257. The molecule has 0 unspecified atom stereocenters. The Balaban J connectivity index is 1.43. The maximum absolute atomic E-state index is 14.4. The minimum atomic E-state index is -1.37. The number of nitrogens with zero attached hydrogens (tertiary/aromatic N) is 6. The number of hydrogen-bond donors (Lipinski definition) is 3. The summed E-state index contributed by atoms with van der Waals surface area (Å²) < 4.78 is 14.4. The molecule has 2 saturated heterocycles. The summed E-state index contributed by atoms with van der Waals surface area (Å²) in [6, 6.07) is 4.13. The van der Waals surface area contributed by atoms with Crippen LogP contribution in [0, 0.1) is 5.41 Å². The highest BCUT2D eigenvalue weighted by Crippen LogP contribution is 2.35. The fraction of sp³-hybridized carbons (Fsp3) is 0.520. The van der Waals surface area contributed by atoms with E-state index in [-0.39, 0.29) is 13.2 Å². The molecule has 9 nitrogen and oxygen atoms in total. The number of nitrogens with one attached hydrogen (secondary N) is 1. The smallest absolute Gasteiger partial charge is 0.227 e. The van der Waals surface area contributed by atoms with Gasteiger partial charge in [-0.2, -0.15) is 4.98 Å².